The van der Waals surface area contributed by atoms with Crippen molar-refractivity contribution in [1.82, 2.24) is 19.7 Å². The number of halogens is 1. The van der Waals surface area contributed by atoms with Gasteiger partial charge in [-0.15, -0.1) is 0 Å². The number of methoxy groups -OCH3 is 1. The zero-order chi connectivity index (χ0) is 22.0. The summed E-state index contributed by atoms with van der Waals surface area (Å²) < 4.78 is 7.24. The molecule has 0 N–H and O–H groups in total. The fraction of sp³-hybridized carbons (Fsp3) is 0.208. The Hall–Kier alpha value is -3.38. The Morgan fingerprint density at radius 2 is 1.94 bits per heavy atom. The number of hydrogen-bond acceptors (Lipinski definition) is 4. The first-order valence-electron chi connectivity index (χ1n) is 10.0. The largest absolute Gasteiger partial charge is 0.496 e. The maximum atomic E-state index is 13.5. The summed E-state index contributed by atoms with van der Waals surface area (Å²) in [5.41, 5.74) is 3.78. The van der Waals surface area contributed by atoms with E-state index in [0.717, 1.165) is 22.2 Å². The Balaban J connectivity index is 1.77. The van der Waals surface area contributed by atoms with Gasteiger partial charge in [0.05, 0.1) is 30.0 Å². The third kappa shape index (κ3) is 4.11. The van der Waals surface area contributed by atoms with Crippen molar-refractivity contribution in [2.24, 2.45) is 0 Å². The number of nitrogens with zero attached hydrogens (tertiary/aromatic N) is 4. The van der Waals surface area contributed by atoms with Crippen molar-refractivity contribution in [3.05, 3.63) is 76.9 Å². The third-order valence-corrected chi connectivity index (χ3v) is 5.44. The predicted molar refractivity (Wildman–Crippen MR) is 122 cm³/mol. The van der Waals surface area contributed by atoms with E-state index in [4.69, 9.17) is 21.3 Å². The Bertz CT molecular complexity index is 1240. The van der Waals surface area contributed by atoms with Crippen molar-refractivity contribution >= 4 is 28.5 Å². The van der Waals surface area contributed by atoms with Crippen molar-refractivity contribution in [3.8, 4) is 17.0 Å². The van der Waals surface area contributed by atoms with Gasteiger partial charge in [-0.3, -0.25) is 4.79 Å². The molecule has 0 aliphatic carbocycles. The van der Waals surface area contributed by atoms with Crippen molar-refractivity contribution in [2.75, 3.05) is 14.2 Å². The maximum Gasteiger partial charge on any atom is 0.254 e. The molecule has 4 aromatic rings. The summed E-state index contributed by atoms with van der Waals surface area (Å²) >= 11 is 6.16. The molecule has 0 atom stereocenters. The monoisotopic (exact) mass is 434 g/mol. The number of rotatable bonds is 6. The van der Waals surface area contributed by atoms with Gasteiger partial charge in [0.2, 0.25) is 0 Å². The summed E-state index contributed by atoms with van der Waals surface area (Å²) in [6.45, 7) is 3.02. The Morgan fingerprint density at radius 1 is 1.16 bits per heavy atom. The van der Waals surface area contributed by atoms with Crippen LogP contribution in [0.15, 0.2) is 60.8 Å². The molecular weight excluding hydrogens is 412 g/mol. The van der Waals surface area contributed by atoms with Crippen LogP contribution in [0.2, 0.25) is 5.02 Å². The zero-order valence-corrected chi connectivity index (χ0v) is 18.4. The fourth-order valence-electron chi connectivity index (χ4n) is 3.62. The first kappa shape index (κ1) is 20.9. The minimum Gasteiger partial charge on any atom is -0.496 e. The highest BCUT2D eigenvalue weighted by molar-refractivity contribution is 6.30. The number of aromatic nitrogens is 3. The molecule has 4 rings (SSSR count). The van der Waals surface area contributed by atoms with Gasteiger partial charge in [0.25, 0.3) is 5.91 Å². The predicted octanol–water partition coefficient (Wildman–Crippen LogP) is 5.05. The molecule has 1 amide bonds. The highest BCUT2D eigenvalue weighted by Gasteiger charge is 2.21. The molecule has 2 heterocycles. The first-order chi connectivity index (χ1) is 15.0. The van der Waals surface area contributed by atoms with E-state index in [-0.39, 0.29) is 5.91 Å². The molecule has 0 bridgehead atoms. The summed E-state index contributed by atoms with van der Waals surface area (Å²) in [5, 5.41) is 5.75. The number of fused-ring (bicyclic) bond motifs is 1. The molecule has 2 aromatic carbocycles. The van der Waals surface area contributed by atoms with Gasteiger partial charge >= 0.3 is 0 Å². The Kier molecular flexibility index (Phi) is 5.91. The number of carbonyl (C=O) groups excluding carboxylic acids is 1. The summed E-state index contributed by atoms with van der Waals surface area (Å²) in [4.78, 5) is 20.0. The highest BCUT2D eigenvalue weighted by atomic mass is 35.5. The number of pyridine rings is 1. The quantitative estimate of drug-likeness (QED) is 0.426. The standard InChI is InChI=1S/C24H23ClN4O2/c1-4-29-23-20(14-26-29)19(13-21(27-23)16-8-6-5-7-9-16)24(30)28(2)15-17-12-18(25)10-11-22(17)31-3/h5-14H,4,15H2,1-3H3. The van der Waals surface area contributed by atoms with Crippen LogP contribution in [0, 0.1) is 0 Å². The number of carbonyl (C=O) groups is 1. The smallest absolute Gasteiger partial charge is 0.254 e. The lowest BCUT2D eigenvalue weighted by molar-refractivity contribution is 0.0786. The van der Waals surface area contributed by atoms with E-state index in [9.17, 15) is 4.79 Å². The average molecular weight is 435 g/mol. The van der Waals surface area contributed by atoms with E-state index >= 15 is 0 Å². The third-order valence-electron chi connectivity index (χ3n) is 5.21. The lowest BCUT2D eigenvalue weighted by atomic mass is 10.1. The molecule has 0 fully saturated rings. The Labute approximate surface area is 186 Å². The van der Waals surface area contributed by atoms with Gasteiger partial charge < -0.3 is 9.64 Å². The van der Waals surface area contributed by atoms with E-state index in [1.807, 2.05) is 49.4 Å². The second-order valence-electron chi connectivity index (χ2n) is 7.24. The van der Waals surface area contributed by atoms with Gasteiger partial charge in [-0.1, -0.05) is 41.9 Å². The molecule has 0 aliphatic heterocycles. The second kappa shape index (κ2) is 8.78. The normalized spacial score (nSPS) is 11.0. The van der Waals surface area contributed by atoms with Crippen molar-refractivity contribution in [3.63, 3.8) is 0 Å². The molecule has 0 saturated heterocycles. The molecule has 158 valence electrons. The molecule has 0 aliphatic rings. The van der Waals surface area contributed by atoms with Crippen LogP contribution in [-0.4, -0.2) is 39.7 Å². The average Bonchev–Trinajstić information content (AvgIpc) is 3.22. The topological polar surface area (TPSA) is 60.2 Å². The summed E-state index contributed by atoms with van der Waals surface area (Å²) in [6.07, 6.45) is 1.71. The molecule has 0 saturated carbocycles. The van der Waals surface area contributed by atoms with E-state index in [0.29, 0.717) is 35.1 Å². The van der Waals surface area contributed by atoms with Gasteiger partial charge in [-0.25, -0.2) is 9.67 Å². The first-order valence-corrected chi connectivity index (χ1v) is 10.4. The number of hydrogen-bond donors (Lipinski definition) is 0. The molecule has 0 unspecified atom stereocenters. The lowest BCUT2D eigenvalue weighted by Crippen LogP contribution is -2.26. The van der Waals surface area contributed by atoms with Gasteiger partial charge in [0.1, 0.15) is 5.75 Å². The van der Waals surface area contributed by atoms with Crippen LogP contribution in [0.4, 0.5) is 0 Å². The van der Waals surface area contributed by atoms with Crippen LogP contribution in [-0.2, 0) is 13.1 Å². The van der Waals surface area contributed by atoms with Gasteiger partial charge in [0.15, 0.2) is 5.65 Å². The highest BCUT2D eigenvalue weighted by Crippen LogP contribution is 2.28. The van der Waals surface area contributed by atoms with Crippen LogP contribution in [0.5, 0.6) is 5.75 Å². The molecule has 2 aromatic heterocycles. The summed E-state index contributed by atoms with van der Waals surface area (Å²) in [7, 11) is 3.37. The van der Waals surface area contributed by atoms with E-state index < -0.39 is 0 Å². The van der Waals surface area contributed by atoms with Crippen molar-refractivity contribution in [2.45, 2.75) is 20.0 Å². The van der Waals surface area contributed by atoms with E-state index in [2.05, 4.69) is 5.10 Å². The maximum absolute atomic E-state index is 13.5. The number of amides is 1. The Morgan fingerprint density at radius 3 is 2.65 bits per heavy atom. The molecule has 31 heavy (non-hydrogen) atoms. The minimum absolute atomic E-state index is 0.123. The van der Waals surface area contributed by atoms with Crippen LogP contribution in [0.25, 0.3) is 22.3 Å². The zero-order valence-electron chi connectivity index (χ0n) is 17.7. The number of benzene rings is 2. The molecular formula is C24H23ClN4O2. The summed E-state index contributed by atoms with van der Waals surface area (Å²) in [5.74, 6) is 0.565. The van der Waals surface area contributed by atoms with Crippen LogP contribution >= 0.6 is 11.6 Å². The van der Waals surface area contributed by atoms with Crippen molar-refractivity contribution in [1.29, 1.82) is 0 Å². The van der Waals surface area contributed by atoms with E-state index in [1.54, 1.807) is 42.1 Å². The molecule has 0 spiro atoms. The SMILES string of the molecule is CCn1ncc2c(C(=O)N(C)Cc3cc(Cl)ccc3OC)cc(-c3ccccc3)nc21. The van der Waals surface area contributed by atoms with Crippen LogP contribution < -0.4 is 4.74 Å². The van der Waals surface area contributed by atoms with Crippen LogP contribution in [0.1, 0.15) is 22.8 Å². The molecule has 6 nitrogen and oxygen atoms in total. The summed E-state index contributed by atoms with van der Waals surface area (Å²) in [6, 6.07) is 17.1. The number of ether oxygens (including phenoxy) is 1. The van der Waals surface area contributed by atoms with Gasteiger partial charge in [-0.05, 0) is 31.2 Å². The molecule has 0 radical (unpaired) electrons. The van der Waals surface area contributed by atoms with Gasteiger partial charge in [-0.2, -0.15) is 5.10 Å². The minimum atomic E-state index is -0.123. The van der Waals surface area contributed by atoms with Crippen molar-refractivity contribution < 1.29 is 9.53 Å². The van der Waals surface area contributed by atoms with Gasteiger partial charge in [0, 0.05) is 36.3 Å². The fourth-order valence-corrected chi connectivity index (χ4v) is 3.81. The van der Waals surface area contributed by atoms with Crippen LogP contribution in [0.3, 0.4) is 0 Å². The lowest BCUT2D eigenvalue weighted by Gasteiger charge is -2.20. The molecule has 7 heteroatoms. The van der Waals surface area contributed by atoms with E-state index in [1.165, 1.54) is 0 Å². The number of aryl methyl sites for hydroxylation is 1. The second-order valence-corrected chi connectivity index (χ2v) is 7.67.